The first kappa shape index (κ1) is 29.1. The molecule has 0 aromatic heterocycles. The summed E-state index contributed by atoms with van der Waals surface area (Å²) in [7, 11) is -3.91. The Hall–Kier alpha value is -0.130. The minimum Gasteiger partial charge on any atom is -0.748 e. The molecule has 0 aromatic carbocycles. The largest absolute Gasteiger partial charge is 0.748 e. The third-order valence-electron chi connectivity index (χ3n) is 5.30. The van der Waals surface area contributed by atoms with Crippen molar-refractivity contribution in [3.05, 3.63) is 0 Å². The molecule has 0 saturated heterocycles. The normalized spacial score (nSPS) is 11.9. The van der Waals surface area contributed by atoms with Crippen LogP contribution >= 0.6 is 0 Å². The monoisotopic (exact) mass is 407 g/mol. The quantitative estimate of drug-likeness (QED) is 0.166. The molecule has 0 spiro atoms. The second kappa shape index (κ2) is 19.2. The lowest BCUT2D eigenvalue weighted by atomic mass is 10.1. The van der Waals surface area contributed by atoms with Gasteiger partial charge in [-0.3, -0.25) is 0 Å². The van der Waals surface area contributed by atoms with E-state index in [0.29, 0.717) is 0 Å². The zero-order valence-electron chi connectivity index (χ0n) is 19.1. The molecule has 0 aliphatic carbocycles. The van der Waals surface area contributed by atoms with E-state index < -0.39 is 10.1 Å². The zero-order chi connectivity index (χ0) is 21.0. The summed E-state index contributed by atoms with van der Waals surface area (Å²) in [5, 5.41) is 0. The van der Waals surface area contributed by atoms with E-state index in [1.54, 1.807) is 0 Å². The Labute approximate surface area is 171 Å². The average molecular weight is 408 g/mol. The van der Waals surface area contributed by atoms with Crippen molar-refractivity contribution in [2.24, 2.45) is 0 Å². The van der Waals surface area contributed by atoms with Crippen LogP contribution in [0.5, 0.6) is 0 Å². The van der Waals surface area contributed by atoms with Gasteiger partial charge in [0.05, 0.1) is 36.3 Å². The van der Waals surface area contributed by atoms with Gasteiger partial charge in [0.15, 0.2) is 0 Å². The van der Waals surface area contributed by atoms with Crippen LogP contribution in [0.3, 0.4) is 0 Å². The highest BCUT2D eigenvalue weighted by molar-refractivity contribution is 7.85. The maximum Gasteiger partial charge on any atom is 0.0943 e. The fourth-order valence-electron chi connectivity index (χ4n) is 3.38. The van der Waals surface area contributed by atoms with Crippen molar-refractivity contribution in [3.63, 3.8) is 0 Å². The molecule has 0 amide bonds. The van der Waals surface area contributed by atoms with Gasteiger partial charge in [-0.1, -0.05) is 79.6 Å². The molecule has 5 heteroatoms. The van der Waals surface area contributed by atoms with Crippen molar-refractivity contribution in [1.82, 2.24) is 0 Å². The first-order chi connectivity index (χ1) is 12.8. The Morgan fingerprint density at radius 2 is 0.852 bits per heavy atom. The lowest BCUT2D eigenvalue weighted by molar-refractivity contribution is -0.929. The summed E-state index contributed by atoms with van der Waals surface area (Å²) in [5.41, 5.74) is 0. The van der Waals surface area contributed by atoms with Crippen molar-refractivity contribution in [2.45, 2.75) is 112 Å². The molecular formula is C22H49NO3S. The number of hydrogen-bond donors (Lipinski definition) is 0. The van der Waals surface area contributed by atoms with Gasteiger partial charge in [0.25, 0.3) is 0 Å². The predicted molar refractivity (Wildman–Crippen MR) is 118 cm³/mol. The van der Waals surface area contributed by atoms with Gasteiger partial charge in [0.1, 0.15) is 0 Å². The number of rotatable bonds is 17. The molecule has 0 bridgehead atoms. The van der Waals surface area contributed by atoms with Crippen LogP contribution in [0.15, 0.2) is 0 Å². The van der Waals surface area contributed by atoms with E-state index in [9.17, 15) is 13.0 Å². The summed E-state index contributed by atoms with van der Waals surface area (Å²) >= 11 is 0. The van der Waals surface area contributed by atoms with Crippen LogP contribution in [-0.4, -0.2) is 49.4 Å². The molecule has 0 N–H and O–H groups in total. The lowest BCUT2D eigenvalue weighted by Gasteiger charge is -2.39. The van der Waals surface area contributed by atoms with Crippen molar-refractivity contribution in [3.8, 4) is 0 Å². The zero-order valence-corrected chi connectivity index (χ0v) is 19.9. The van der Waals surface area contributed by atoms with E-state index in [4.69, 9.17) is 0 Å². The molecule has 0 unspecified atom stereocenters. The third kappa shape index (κ3) is 20.4. The van der Waals surface area contributed by atoms with Gasteiger partial charge < -0.3 is 9.04 Å². The van der Waals surface area contributed by atoms with Gasteiger partial charge in [-0.2, -0.15) is 0 Å². The molecule has 0 aromatic rings. The Kier molecular flexibility index (Phi) is 20.7. The van der Waals surface area contributed by atoms with E-state index in [0.717, 1.165) is 0 Å². The van der Waals surface area contributed by atoms with E-state index in [2.05, 4.69) is 27.7 Å². The first-order valence-corrected chi connectivity index (χ1v) is 13.2. The molecule has 4 nitrogen and oxygen atoms in total. The molecule has 0 rings (SSSR count). The highest BCUT2D eigenvalue weighted by atomic mass is 32.2. The number of hydrogen-bond acceptors (Lipinski definition) is 3. The van der Waals surface area contributed by atoms with Crippen molar-refractivity contribution in [2.75, 3.05) is 31.9 Å². The predicted octanol–water partition coefficient (Wildman–Crippen LogP) is 6.12. The summed E-state index contributed by atoms with van der Waals surface area (Å²) in [5.74, 6) is -0.312. The van der Waals surface area contributed by atoms with Crippen molar-refractivity contribution < 1.29 is 17.5 Å². The van der Waals surface area contributed by atoms with Gasteiger partial charge in [0, 0.05) is 5.75 Å². The Balaban J connectivity index is 0. The van der Waals surface area contributed by atoms with Crippen LogP contribution in [0.4, 0.5) is 0 Å². The standard InChI is InChI=1S/C20H44N.C2H6O3S/c1-5-9-13-14-15-16-20-21(17-10-6-2,18-11-7-3)19-12-8-4;1-2-6(3,4)5/h5-20H2,1-4H3;2H2,1H3,(H,3,4,5)/q+1;/p-1. The summed E-state index contributed by atoms with van der Waals surface area (Å²) in [6, 6.07) is 0. The smallest absolute Gasteiger partial charge is 0.0943 e. The molecule has 0 heterocycles. The molecule has 0 atom stereocenters. The molecule has 0 fully saturated rings. The van der Waals surface area contributed by atoms with Gasteiger partial charge >= 0.3 is 0 Å². The van der Waals surface area contributed by atoms with Gasteiger partial charge in [-0.15, -0.1) is 0 Å². The minimum absolute atomic E-state index is 0.312. The first-order valence-electron chi connectivity index (χ1n) is 11.6. The highest BCUT2D eigenvalue weighted by Crippen LogP contribution is 2.17. The molecule has 0 radical (unpaired) electrons. The molecule has 0 aliphatic rings. The summed E-state index contributed by atoms with van der Waals surface area (Å²) in [4.78, 5) is 0. The van der Waals surface area contributed by atoms with Crippen LogP contribution in [0, 0.1) is 0 Å². The van der Waals surface area contributed by atoms with Crippen molar-refractivity contribution in [1.29, 1.82) is 0 Å². The average Bonchev–Trinajstić information content (AvgIpc) is 2.65. The van der Waals surface area contributed by atoms with Crippen LogP contribution in [0.1, 0.15) is 112 Å². The van der Waals surface area contributed by atoms with E-state index in [1.165, 1.54) is 115 Å². The number of unbranched alkanes of at least 4 members (excludes halogenated alkanes) is 8. The van der Waals surface area contributed by atoms with E-state index in [-0.39, 0.29) is 5.75 Å². The minimum atomic E-state index is -3.91. The van der Waals surface area contributed by atoms with Crippen molar-refractivity contribution >= 4 is 10.1 Å². The van der Waals surface area contributed by atoms with E-state index in [1.807, 2.05) is 0 Å². The topological polar surface area (TPSA) is 57.2 Å². The third-order valence-corrected chi connectivity index (χ3v) is 6.00. The fourth-order valence-corrected chi connectivity index (χ4v) is 3.38. The van der Waals surface area contributed by atoms with Gasteiger partial charge in [-0.25, -0.2) is 8.42 Å². The van der Waals surface area contributed by atoms with Crippen LogP contribution in [-0.2, 0) is 10.1 Å². The molecule has 0 saturated carbocycles. The van der Waals surface area contributed by atoms with Crippen LogP contribution in [0.25, 0.3) is 0 Å². The van der Waals surface area contributed by atoms with Gasteiger partial charge in [-0.05, 0) is 32.1 Å². The maximum atomic E-state index is 9.44. The summed E-state index contributed by atoms with van der Waals surface area (Å²) in [6.45, 7) is 16.4. The van der Waals surface area contributed by atoms with Crippen LogP contribution in [0.2, 0.25) is 0 Å². The Morgan fingerprint density at radius 1 is 0.556 bits per heavy atom. The van der Waals surface area contributed by atoms with Crippen LogP contribution < -0.4 is 0 Å². The summed E-state index contributed by atoms with van der Waals surface area (Å²) in [6.07, 6.45) is 17.0. The molecule has 0 aliphatic heterocycles. The fraction of sp³-hybridized carbons (Fsp3) is 1.00. The lowest BCUT2D eigenvalue weighted by Crippen LogP contribution is -2.50. The second-order valence-corrected chi connectivity index (χ2v) is 9.60. The molecule has 166 valence electrons. The number of nitrogens with zero attached hydrogens (tertiary/aromatic N) is 1. The maximum absolute atomic E-state index is 9.44. The Morgan fingerprint density at radius 3 is 1.19 bits per heavy atom. The molecular weight excluding hydrogens is 358 g/mol. The van der Waals surface area contributed by atoms with Gasteiger partial charge in [0.2, 0.25) is 0 Å². The molecule has 27 heavy (non-hydrogen) atoms. The second-order valence-electron chi connectivity index (χ2n) is 7.91. The highest BCUT2D eigenvalue weighted by Gasteiger charge is 2.24. The number of quaternary nitrogens is 1. The SMILES string of the molecule is CCCCCCCC[N+](CCCC)(CCCC)CCCC.CCS(=O)(=O)[O-]. The van der Waals surface area contributed by atoms with E-state index >= 15 is 0 Å². The summed E-state index contributed by atoms with van der Waals surface area (Å²) < 4.78 is 29.8. The Bertz CT molecular complexity index is 375.